The molecule has 0 heterocycles. The summed E-state index contributed by atoms with van der Waals surface area (Å²) in [5, 5.41) is 0. The third kappa shape index (κ3) is 6.45. The van der Waals surface area contributed by atoms with Gasteiger partial charge in [-0.1, -0.05) is 0 Å². The molecule has 0 aliphatic heterocycles. The van der Waals surface area contributed by atoms with Crippen molar-refractivity contribution >= 4 is 10.0 Å². The molecule has 0 aromatic heterocycles. The highest BCUT2D eigenvalue weighted by Gasteiger charge is 2.99. The molecule has 47 heavy (non-hydrogen) atoms. The average molecular weight is 784 g/mol. The molecule has 0 fully saturated rings. The Morgan fingerprint density at radius 1 is 0.426 bits per heavy atom. The number of nitrogens with one attached hydrogen (secondary N) is 1. The van der Waals surface area contributed by atoms with Gasteiger partial charge in [0.2, 0.25) is 10.0 Å². The van der Waals surface area contributed by atoms with Gasteiger partial charge in [-0.3, -0.25) is 0 Å². The molecule has 30 heteroatoms. The summed E-state index contributed by atoms with van der Waals surface area (Å²) < 4.78 is 360. The molecule has 0 saturated carbocycles. The molecule has 0 unspecified atom stereocenters. The molecule has 0 bridgehead atoms. The SMILES string of the molecule is NCCCNS(=O)(=O)CCC(F)(F)C(F)(F)C(F)(F)C(F)(F)C(F)(F)C(F)(F)C(F)(F)C(F)(F)C(F)(F)C(F)(F)C(F)(F)C(F)(F)F. The van der Waals surface area contributed by atoms with E-state index in [4.69, 9.17) is 5.73 Å². The van der Waals surface area contributed by atoms with Gasteiger partial charge >= 0.3 is 71.3 Å². The lowest BCUT2D eigenvalue weighted by Crippen LogP contribution is -2.78. The van der Waals surface area contributed by atoms with Crippen LogP contribution in [0.25, 0.3) is 0 Å². The first-order valence-corrected chi connectivity index (χ1v) is 12.6. The van der Waals surface area contributed by atoms with E-state index in [1.54, 1.807) is 0 Å². The van der Waals surface area contributed by atoms with Gasteiger partial charge in [0.05, 0.1) is 5.75 Å². The zero-order chi connectivity index (χ0) is 38.7. The normalized spacial score (nSPS) is 16.6. The van der Waals surface area contributed by atoms with Crippen molar-refractivity contribution in [3.05, 3.63) is 0 Å². The lowest BCUT2D eigenvalue weighted by molar-refractivity contribution is -0.482. The molecule has 284 valence electrons. The Kier molecular flexibility index (Phi) is 11.7. The lowest BCUT2D eigenvalue weighted by atomic mass is 9.84. The number of nitrogens with two attached hydrogens (primary N) is 1. The zero-order valence-corrected chi connectivity index (χ0v) is 22.1. The minimum atomic E-state index is -9.67. The van der Waals surface area contributed by atoms with Crippen LogP contribution in [-0.2, 0) is 10.0 Å². The monoisotopic (exact) mass is 784 g/mol. The fourth-order valence-electron chi connectivity index (χ4n) is 2.81. The summed E-state index contributed by atoms with van der Waals surface area (Å²) in [6.07, 6.45) is -11.9. The molecule has 0 atom stereocenters. The van der Waals surface area contributed by atoms with E-state index >= 15 is 0 Å². The number of sulfonamides is 1. The second-order valence-corrected chi connectivity index (χ2v) is 11.0. The van der Waals surface area contributed by atoms with Gasteiger partial charge < -0.3 is 5.73 Å². The van der Waals surface area contributed by atoms with E-state index < -0.39 is 100 Å². The number of hydrogen-bond donors (Lipinski definition) is 2. The molecule has 0 saturated heterocycles. The van der Waals surface area contributed by atoms with Gasteiger partial charge in [0.1, 0.15) is 0 Å². The Morgan fingerprint density at radius 2 is 0.681 bits per heavy atom. The molecule has 0 aromatic rings. The fraction of sp³-hybridized carbons (Fsp3) is 1.00. The van der Waals surface area contributed by atoms with Crippen LogP contribution in [0.3, 0.4) is 0 Å². The van der Waals surface area contributed by atoms with Crippen LogP contribution in [0.4, 0.5) is 110 Å². The Bertz CT molecular complexity index is 1210. The van der Waals surface area contributed by atoms with E-state index in [1.165, 1.54) is 4.72 Å². The molecule has 0 amide bonds. The van der Waals surface area contributed by atoms with E-state index in [-0.39, 0.29) is 13.0 Å². The molecule has 0 aliphatic carbocycles. The molecule has 3 N–H and O–H groups in total. The topological polar surface area (TPSA) is 72.2 Å². The molecule has 0 aliphatic rings. The van der Waals surface area contributed by atoms with Gasteiger partial charge in [-0.2, -0.15) is 110 Å². The van der Waals surface area contributed by atoms with Crippen LogP contribution >= 0.6 is 0 Å². The van der Waals surface area contributed by atoms with Crippen molar-refractivity contribution in [1.82, 2.24) is 4.72 Å². The van der Waals surface area contributed by atoms with E-state index in [9.17, 15) is 118 Å². The summed E-state index contributed by atoms with van der Waals surface area (Å²) in [4.78, 5) is 0. The predicted molar refractivity (Wildman–Crippen MR) is 101 cm³/mol. The highest BCUT2D eigenvalue weighted by molar-refractivity contribution is 7.89. The molecule has 0 radical (unpaired) electrons. The number of hydrogen-bond acceptors (Lipinski definition) is 3. The number of rotatable bonds is 17. The third-order valence-corrected chi connectivity index (χ3v) is 7.14. The predicted octanol–water partition coefficient (Wildman–Crippen LogP) is 7.20. The quantitative estimate of drug-likeness (QED) is 0.121. The largest absolute Gasteiger partial charge is 0.460 e. The number of halogens is 25. The fourth-order valence-corrected chi connectivity index (χ4v) is 3.93. The van der Waals surface area contributed by atoms with Crippen LogP contribution in [0, 0.1) is 0 Å². The van der Waals surface area contributed by atoms with Crippen LogP contribution in [0.1, 0.15) is 12.8 Å². The van der Waals surface area contributed by atoms with Gasteiger partial charge in [-0.05, 0) is 13.0 Å². The molecular weight excluding hydrogens is 771 g/mol. The summed E-state index contributed by atoms with van der Waals surface area (Å²) in [6.45, 7) is -1.17. The first-order valence-electron chi connectivity index (χ1n) is 10.9. The molecule has 0 aromatic carbocycles. The maximum absolute atomic E-state index is 13.9. The molecular formula is C17H13F25N2O2S. The van der Waals surface area contributed by atoms with Gasteiger partial charge in [-0.15, -0.1) is 0 Å². The van der Waals surface area contributed by atoms with E-state index in [0.29, 0.717) is 0 Å². The lowest BCUT2D eigenvalue weighted by Gasteiger charge is -2.45. The van der Waals surface area contributed by atoms with Crippen LogP contribution in [0.2, 0.25) is 0 Å². The highest BCUT2D eigenvalue weighted by atomic mass is 32.2. The maximum atomic E-state index is 13.9. The van der Waals surface area contributed by atoms with E-state index in [1.807, 2.05) is 0 Å². The number of alkyl halides is 25. The van der Waals surface area contributed by atoms with Crippen LogP contribution < -0.4 is 10.5 Å². The Hall–Kier alpha value is -1.88. The van der Waals surface area contributed by atoms with Crippen molar-refractivity contribution in [3.63, 3.8) is 0 Å². The van der Waals surface area contributed by atoms with Crippen molar-refractivity contribution in [1.29, 1.82) is 0 Å². The second kappa shape index (κ2) is 12.2. The Labute approximate surface area is 242 Å². The van der Waals surface area contributed by atoms with Crippen molar-refractivity contribution in [2.45, 2.75) is 84.2 Å². The first-order chi connectivity index (χ1) is 20.0. The van der Waals surface area contributed by atoms with Crippen molar-refractivity contribution < 1.29 is 118 Å². The van der Waals surface area contributed by atoms with Gasteiger partial charge in [0, 0.05) is 13.0 Å². The van der Waals surface area contributed by atoms with E-state index in [2.05, 4.69) is 0 Å². The minimum Gasteiger partial charge on any atom is -0.330 e. The third-order valence-electron chi connectivity index (χ3n) is 5.75. The van der Waals surface area contributed by atoms with E-state index in [0.717, 1.165) is 0 Å². The summed E-state index contributed by atoms with van der Waals surface area (Å²) in [5.41, 5.74) is 4.88. The summed E-state index contributed by atoms with van der Waals surface area (Å²) in [5.74, 6) is -102. The summed E-state index contributed by atoms with van der Waals surface area (Å²) in [6, 6.07) is 0. The first kappa shape index (κ1) is 45.1. The van der Waals surface area contributed by atoms with Crippen LogP contribution in [0.15, 0.2) is 0 Å². The summed E-state index contributed by atoms with van der Waals surface area (Å²) in [7, 11) is -5.32. The van der Waals surface area contributed by atoms with Crippen LogP contribution in [-0.4, -0.2) is 98.6 Å². The molecule has 0 rings (SSSR count). The molecule has 4 nitrogen and oxygen atoms in total. The maximum Gasteiger partial charge on any atom is 0.460 e. The second-order valence-electron chi connectivity index (χ2n) is 9.05. The molecule has 0 spiro atoms. The van der Waals surface area contributed by atoms with Gasteiger partial charge in [-0.25, -0.2) is 13.1 Å². The zero-order valence-electron chi connectivity index (χ0n) is 21.3. The van der Waals surface area contributed by atoms with Gasteiger partial charge in [0.15, 0.2) is 0 Å². The highest BCUT2D eigenvalue weighted by Crippen LogP contribution is 2.67. The van der Waals surface area contributed by atoms with Crippen molar-refractivity contribution in [3.8, 4) is 0 Å². The Morgan fingerprint density at radius 3 is 0.936 bits per heavy atom. The average Bonchev–Trinajstić information content (AvgIpc) is 2.85. The Balaban J connectivity index is 7.08. The van der Waals surface area contributed by atoms with Gasteiger partial charge in [0.25, 0.3) is 0 Å². The minimum absolute atomic E-state index is 0.350. The van der Waals surface area contributed by atoms with Crippen molar-refractivity contribution in [2.24, 2.45) is 5.73 Å². The standard InChI is InChI=1S/C17H13F25N2O2S/c18-6(19,2-5-47(45,46)44-4-1-3-43)7(20,21)8(22,23)9(24,25)10(26,27)11(28,29)12(30,31)13(32,33)14(34,35)15(36,37)16(38,39)17(40,41)42/h44H,1-5,43H2. The van der Waals surface area contributed by atoms with Crippen LogP contribution in [0.5, 0.6) is 0 Å². The van der Waals surface area contributed by atoms with Crippen molar-refractivity contribution in [2.75, 3.05) is 18.8 Å². The smallest absolute Gasteiger partial charge is 0.330 e. The summed E-state index contributed by atoms with van der Waals surface area (Å²) >= 11 is 0.